The van der Waals surface area contributed by atoms with Gasteiger partial charge in [0.2, 0.25) is 5.95 Å². The van der Waals surface area contributed by atoms with E-state index in [1.807, 2.05) is 0 Å². The first-order chi connectivity index (χ1) is 20.9. The van der Waals surface area contributed by atoms with E-state index in [0.29, 0.717) is 11.3 Å². The number of amides is 2. The van der Waals surface area contributed by atoms with Crippen molar-refractivity contribution < 1.29 is 27.3 Å². The first-order valence-corrected chi connectivity index (χ1v) is 14.1. The molecular weight excluding hydrogens is 618 g/mol. The molecule has 0 radical (unpaired) electrons. The van der Waals surface area contributed by atoms with Gasteiger partial charge in [-0.15, -0.1) is 0 Å². The van der Waals surface area contributed by atoms with Crippen LogP contribution < -0.4 is 16.2 Å². The zero-order valence-electron chi connectivity index (χ0n) is 23.4. The van der Waals surface area contributed by atoms with Crippen molar-refractivity contribution in [3.8, 4) is 5.69 Å². The molecule has 2 amide bonds. The van der Waals surface area contributed by atoms with Crippen LogP contribution in [0.15, 0.2) is 77.6 Å². The molecule has 5 rings (SSSR count). The molecule has 13 heteroatoms. The summed E-state index contributed by atoms with van der Waals surface area (Å²) in [6, 6.07) is 15.2. The average molecular weight is 643 g/mol. The third-order valence-electron chi connectivity index (χ3n) is 7.22. The molecule has 0 saturated carbocycles. The third-order valence-corrected chi connectivity index (χ3v) is 7.96. The van der Waals surface area contributed by atoms with Crippen LogP contribution in [0, 0.1) is 0 Å². The Bertz CT molecular complexity index is 1860. The number of hydrogen-bond donors (Lipinski definition) is 2. The summed E-state index contributed by atoms with van der Waals surface area (Å²) < 4.78 is 45.7. The molecule has 226 valence electrons. The summed E-state index contributed by atoms with van der Waals surface area (Å²) in [6.45, 7) is 1.52. The van der Waals surface area contributed by atoms with Gasteiger partial charge < -0.3 is 10.6 Å². The minimum atomic E-state index is -4.76. The summed E-state index contributed by atoms with van der Waals surface area (Å²) in [6.07, 6.45) is -4.74. The lowest BCUT2D eigenvalue weighted by Crippen LogP contribution is -2.39. The number of halogens is 5. The third kappa shape index (κ3) is 6.11. The van der Waals surface area contributed by atoms with Crippen molar-refractivity contribution in [2.45, 2.75) is 32.1 Å². The molecule has 1 aliphatic heterocycles. The van der Waals surface area contributed by atoms with Crippen LogP contribution in [-0.4, -0.2) is 44.9 Å². The van der Waals surface area contributed by atoms with E-state index in [2.05, 4.69) is 15.6 Å². The molecule has 0 bridgehead atoms. The Kier molecular flexibility index (Phi) is 8.62. The van der Waals surface area contributed by atoms with Gasteiger partial charge in [0.1, 0.15) is 5.69 Å². The highest BCUT2D eigenvalue weighted by Crippen LogP contribution is 2.36. The van der Waals surface area contributed by atoms with Crippen molar-refractivity contribution in [3.63, 3.8) is 0 Å². The molecule has 3 aromatic carbocycles. The van der Waals surface area contributed by atoms with Crippen LogP contribution in [0.5, 0.6) is 0 Å². The number of benzene rings is 3. The topological polar surface area (TPSA) is 96.1 Å². The summed E-state index contributed by atoms with van der Waals surface area (Å²) in [4.78, 5) is 44.1. The Morgan fingerprint density at radius 2 is 1.64 bits per heavy atom. The van der Waals surface area contributed by atoms with Crippen molar-refractivity contribution in [2.24, 2.45) is 0 Å². The highest BCUT2D eigenvalue weighted by Gasteiger charge is 2.42. The average Bonchev–Trinajstić information content (AvgIpc) is 3.00. The maximum atomic E-state index is 14.4. The Balaban J connectivity index is 1.64. The van der Waals surface area contributed by atoms with Crippen LogP contribution in [0.1, 0.15) is 50.5 Å². The molecule has 8 nitrogen and oxygen atoms in total. The Hall–Kier alpha value is -4.48. The molecule has 2 heterocycles. The summed E-state index contributed by atoms with van der Waals surface area (Å²) in [5.41, 5.74) is 0.936. The lowest BCUT2D eigenvalue weighted by Gasteiger charge is -2.26. The minimum Gasteiger partial charge on any atom is -0.355 e. The van der Waals surface area contributed by atoms with Crippen molar-refractivity contribution in [3.05, 3.63) is 121 Å². The zero-order chi connectivity index (χ0) is 31.8. The smallest absolute Gasteiger partial charge is 0.355 e. The standard InChI is InChI=1S/C31H24Cl2F3N5O3/c1-17-14-22-25(16-40(17)28(43)20-10-13-23(32)24(33)15-20)38-30(39-26(31(34,35)36)18-6-4-3-5-7-18)41(29(22)44)21-11-8-19(9-12-21)27(42)37-2/h3-13,15,26H,14,16H2,1-2H3,(H-,37,38,39,42,44)/p+1. The number of anilines is 1. The minimum absolute atomic E-state index is 0.0201. The monoisotopic (exact) mass is 642 g/mol. The summed E-state index contributed by atoms with van der Waals surface area (Å²) in [5.74, 6) is -1.19. The number of fused-ring (bicyclic) bond motifs is 1. The Morgan fingerprint density at radius 1 is 0.977 bits per heavy atom. The Labute approximate surface area is 259 Å². The van der Waals surface area contributed by atoms with E-state index in [0.717, 1.165) is 4.57 Å². The maximum absolute atomic E-state index is 14.4. The number of aromatic nitrogens is 2. The van der Waals surface area contributed by atoms with Crippen molar-refractivity contribution in [1.29, 1.82) is 0 Å². The van der Waals surface area contributed by atoms with Crippen LogP contribution in [0.2, 0.25) is 10.0 Å². The van der Waals surface area contributed by atoms with Gasteiger partial charge in [0.15, 0.2) is 18.3 Å². The second-order valence-corrected chi connectivity index (χ2v) is 10.9. The van der Waals surface area contributed by atoms with Gasteiger partial charge in [-0.1, -0.05) is 53.5 Å². The fourth-order valence-electron chi connectivity index (χ4n) is 4.95. The summed E-state index contributed by atoms with van der Waals surface area (Å²) in [7, 11) is 1.46. The molecule has 1 aromatic heterocycles. The first kappa shape index (κ1) is 31.0. The SMILES string of the molecule is CNC(=O)c1ccc(-n2c(NC(c3ccccc3)C(F)(F)F)nc3c(c2=O)CC(C)=[N+](C(=O)c2ccc(Cl)c(Cl)c2)C3)cc1. The molecule has 1 aliphatic rings. The van der Waals surface area contributed by atoms with Gasteiger partial charge in [-0.05, 0) is 48.0 Å². The molecule has 44 heavy (non-hydrogen) atoms. The largest absolute Gasteiger partial charge is 0.419 e. The van der Waals surface area contributed by atoms with Crippen LogP contribution in [0.3, 0.4) is 0 Å². The second-order valence-electron chi connectivity index (χ2n) is 10.1. The van der Waals surface area contributed by atoms with Crippen LogP contribution in [0.4, 0.5) is 19.1 Å². The predicted molar refractivity (Wildman–Crippen MR) is 161 cm³/mol. The van der Waals surface area contributed by atoms with Crippen LogP contribution in [-0.2, 0) is 13.0 Å². The normalized spacial score (nSPS) is 13.7. The summed E-state index contributed by atoms with van der Waals surface area (Å²) in [5, 5.41) is 5.39. The molecule has 2 N–H and O–H groups in total. The van der Waals surface area contributed by atoms with Gasteiger partial charge in [-0.3, -0.25) is 9.59 Å². The lowest BCUT2D eigenvalue weighted by molar-refractivity contribution is -0.450. The van der Waals surface area contributed by atoms with Gasteiger partial charge >= 0.3 is 12.1 Å². The number of nitrogens with one attached hydrogen (secondary N) is 2. The molecule has 1 atom stereocenters. The number of carbonyl (C=O) groups is 2. The quantitative estimate of drug-likeness (QED) is 0.252. The highest BCUT2D eigenvalue weighted by atomic mass is 35.5. The maximum Gasteiger partial charge on any atom is 0.419 e. The fourth-order valence-corrected chi connectivity index (χ4v) is 5.24. The second kappa shape index (κ2) is 12.3. The molecular formula is C31H25Cl2F3N5O3+. The molecule has 0 fully saturated rings. The number of hydrogen-bond acceptors (Lipinski definition) is 5. The van der Waals surface area contributed by atoms with E-state index in [4.69, 9.17) is 23.2 Å². The van der Waals surface area contributed by atoms with Gasteiger partial charge in [-0.25, -0.2) is 14.3 Å². The highest BCUT2D eigenvalue weighted by molar-refractivity contribution is 6.42. The van der Waals surface area contributed by atoms with Crippen molar-refractivity contribution in [2.75, 3.05) is 12.4 Å². The van der Waals surface area contributed by atoms with E-state index in [9.17, 15) is 27.6 Å². The molecule has 0 aliphatic carbocycles. The zero-order valence-corrected chi connectivity index (χ0v) is 24.9. The van der Waals surface area contributed by atoms with Gasteiger partial charge in [0, 0.05) is 19.5 Å². The lowest BCUT2D eigenvalue weighted by atomic mass is 10.0. The number of carbonyl (C=O) groups excluding carboxylic acids is 2. The number of rotatable bonds is 6. The first-order valence-electron chi connectivity index (χ1n) is 13.3. The van der Waals surface area contributed by atoms with Crippen molar-refractivity contribution in [1.82, 2.24) is 14.9 Å². The Morgan fingerprint density at radius 3 is 2.25 bits per heavy atom. The predicted octanol–water partition coefficient (Wildman–Crippen LogP) is 5.98. The molecule has 0 saturated heterocycles. The number of alkyl halides is 3. The fraction of sp³-hybridized carbons (Fsp3) is 0.194. The molecule has 1 unspecified atom stereocenters. The van der Waals surface area contributed by atoms with E-state index < -0.39 is 23.7 Å². The van der Waals surface area contributed by atoms with E-state index in [1.165, 1.54) is 78.4 Å². The van der Waals surface area contributed by atoms with Crippen LogP contribution >= 0.6 is 23.2 Å². The van der Waals surface area contributed by atoms with E-state index in [-0.39, 0.29) is 62.9 Å². The molecule has 4 aromatic rings. The molecule has 0 spiro atoms. The van der Waals surface area contributed by atoms with Gasteiger partial charge in [0.25, 0.3) is 11.5 Å². The number of nitrogens with zero attached hydrogens (tertiary/aromatic N) is 3. The van der Waals surface area contributed by atoms with Gasteiger partial charge in [-0.2, -0.15) is 17.7 Å². The summed E-state index contributed by atoms with van der Waals surface area (Å²) >= 11 is 12.1. The van der Waals surface area contributed by atoms with E-state index in [1.54, 1.807) is 13.0 Å². The van der Waals surface area contributed by atoms with Crippen molar-refractivity contribution >= 4 is 46.7 Å². The van der Waals surface area contributed by atoms with Gasteiger partial charge in [0.05, 0.1) is 33.3 Å². The van der Waals surface area contributed by atoms with Crippen LogP contribution in [0.25, 0.3) is 5.69 Å². The van der Waals surface area contributed by atoms with E-state index >= 15 is 0 Å².